The number of amides is 1. The first-order chi connectivity index (χ1) is 13.3. The fourth-order valence-electron chi connectivity index (χ4n) is 2.45. The Morgan fingerprint density at radius 3 is 2.43 bits per heavy atom. The van der Waals surface area contributed by atoms with Crippen LogP contribution < -0.4 is 9.47 Å². The third-order valence-corrected chi connectivity index (χ3v) is 4.11. The van der Waals surface area contributed by atoms with Crippen molar-refractivity contribution < 1.29 is 23.8 Å². The standard InChI is InChI=1S/C21H24ClNO5/c1-14(2)28-20-17(22)10-16(11-18(20)26-4)21(25)27-13-19(24)23(3)12-15-8-6-5-7-9-15/h5-11,14H,12-13H2,1-4H3. The third-order valence-electron chi connectivity index (χ3n) is 3.83. The molecule has 2 rings (SSSR count). The molecule has 0 N–H and O–H groups in total. The van der Waals surface area contributed by atoms with Gasteiger partial charge >= 0.3 is 5.97 Å². The predicted molar refractivity (Wildman–Crippen MR) is 107 cm³/mol. The highest BCUT2D eigenvalue weighted by atomic mass is 35.5. The molecular formula is C21H24ClNO5. The van der Waals surface area contributed by atoms with E-state index in [4.69, 9.17) is 25.8 Å². The van der Waals surface area contributed by atoms with E-state index in [0.29, 0.717) is 18.0 Å². The Labute approximate surface area is 169 Å². The lowest BCUT2D eigenvalue weighted by atomic mass is 10.2. The van der Waals surface area contributed by atoms with Crippen molar-refractivity contribution >= 4 is 23.5 Å². The Bertz CT molecular complexity index is 823. The number of rotatable bonds is 8. The first-order valence-electron chi connectivity index (χ1n) is 8.81. The molecule has 0 aliphatic heterocycles. The largest absolute Gasteiger partial charge is 0.493 e. The molecule has 2 aromatic carbocycles. The number of likely N-dealkylation sites (N-methyl/N-ethyl adjacent to an activating group) is 1. The average molecular weight is 406 g/mol. The van der Waals surface area contributed by atoms with Gasteiger partial charge in [0, 0.05) is 13.6 Å². The summed E-state index contributed by atoms with van der Waals surface area (Å²) in [5, 5.41) is 0.229. The zero-order valence-electron chi connectivity index (χ0n) is 16.4. The molecule has 0 aliphatic carbocycles. The molecule has 7 heteroatoms. The summed E-state index contributed by atoms with van der Waals surface area (Å²) in [6.45, 7) is 3.77. The van der Waals surface area contributed by atoms with Crippen LogP contribution in [0.4, 0.5) is 0 Å². The van der Waals surface area contributed by atoms with Gasteiger partial charge in [0.25, 0.3) is 5.91 Å². The molecule has 28 heavy (non-hydrogen) atoms. The molecule has 0 atom stereocenters. The number of ether oxygens (including phenoxy) is 3. The van der Waals surface area contributed by atoms with Gasteiger partial charge in [0.2, 0.25) is 0 Å². The van der Waals surface area contributed by atoms with Crippen LogP contribution in [-0.4, -0.2) is 43.6 Å². The van der Waals surface area contributed by atoms with Crippen molar-refractivity contribution in [1.29, 1.82) is 0 Å². The Morgan fingerprint density at radius 1 is 1.14 bits per heavy atom. The summed E-state index contributed by atoms with van der Waals surface area (Å²) in [6.07, 6.45) is -0.109. The van der Waals surface area contributed by atoms with Crippen LogP contribution in [0.3, 0.4) is 0 Å². The summed E-state index contributed by atoms with van der Waals surface area (Å²) in [6, 6.07) is 12.5. The zero-order valence-corrected chi connectivity index (χ0v) is 17.2. The van der Waals surface area contributed by atoms with Gasteiger partial charge in [-0.25, -0.2) is 4.79 Å². The second-order valence-electron chi connectivity index (χ2n) is 6.47. The van der Waals surface area contributed by atoms with Crippen LogP contribution in [0.2, 0.25) is 5.02 Å². The van der Waals surface area contributed by atoms with Crippen LogP contribution in [0.5, 0.6) is 11.5 Å². The van der Waals surface area contributed by atoms with Gasteiger partial charge in [-0.05, 0) is 31.5 Å². The maximum absolute atomic E-state index is 12.3. The SMILES string of the molecule is COc1cc(C(=O)OCC(=O)N(C)Cc2ccccc2)cc(Cl)c1OC(C)C. The van der Waals surface area contributed by atoms with E-state index in [2.05, 4.69) is 0 Å². The zero-order chi connectivity index (χ0) is 20.7. The van der Waals surface area contributed by atoms with Crippen molar-refractivity contribution in [2.45, 2.75) is 26.5 Å². The molecule has 0 radical (unpaired) electrons. The second kappa shape index (κ2) is 9.99. The molecule has 1 amide bonds. The summed E-state index contributed by atoms with van der Waals surface area (Å²) < 4.78 is 16.0. The summed E-state index contributed by atoms with van der Waals surface area (Å²) in [7, 11) is 3.11. The number of carbonyl (C=O) groups is 2. The van der Waals surface area contributed by atoms with Crippen LogP contribution >= 0.6 is 11.6 Å². The Balaban J connectivity index is 2.00. The van der Waals surface area contributed by atoms with Gasteiger partial charge in [0.05, 0.1) is 23.8 Å². The number of hydrogen-bond acceptors (Lipinski definition) is 5. The van der Waals surface area contributed by atoms with Crippen LogP contribution in [-0.2, 0) is 16.1 Å². The van der Waals surface area contributed by atoms with Gasteiger partial charge in [0.1, 0.15) is 0 Å². The fraction of sp³-hybridized carbons (Fsp3) is 0.333. The molecule has 6 nitrogen and oxygen atoms in total. The molecule has 0 aromatic heterocycles. The fourth-order valence-corrected chi connectivity index (χ4v) is 2.71. The van der Waals surface area contributed by atoms with E-state index in [1.165, 1.54) is 24.1 Å². The third kappa shape index (κ3) is 5.89. The molecule has 0 aliphatic rings. The molecule has 0 spiro atoms. The smallest absolute Gasteiger partial charge is 0.338 e. The lowest BCUT2D eigenvalue weighted by molar-refractivity contribution is -0.133. The normalized spacial score (nSPS) is 10.5. The van der Waals surface area contributed by atoms with E-state index in [1.807, 2.05) is 44.2 Å². The number of esters is 1. The van der Waals surface area contributed by atoms with E-state index in [0.717, 1.165) is 5.56 Å². The van der Waals surface area contributed by atoms with Crippen LogP contribution in [0.15, 0.2) is 42.5 Å². The molecule has 2 aromatic rings. The molecule has 0 fully saturated rings. The summed E-state index contributed by atoms with van der Waals surface area (Å²) in [4.78, 5) is 26.1. The molecule has 0 saturated carbocycles. The van der Waals surface area contributed by atoms with E-state index >= 15 is 0 Å². The first kappa shape index (κ1) is 21.6. The van der Waals surface area contributed by atoms with Gasteiger partial charge in [-0.2, -0.15) is 0 Å². The highest BCUT2D eigenvalue weighted by molar-refractivity contribution is 6.32. The van der Waals surface area contributed by atoms with Crippen molar-refractivity contribution in [3.8, 4) is 11.5 Å². The molecule has 150 valence electrons. The van der Waals surface area contributed by atoms with Crippen molar-refractivity contribution in [2.75, 3.05) is 20.8 Å². The molecule has 0 heterocycles. The second-order valence-corrected chi connectivity index (χ2v) is 6.87. The minimum absolute atomic E-state index is 0.109. The van der Waals surface area contributed by atoms with E-state index in [-0.39, 0.29) is 29.2 Å². The quantitative estimate of drug-likeness (QED) is 0.622. The summed E-state index contributed by atoms with van der Waals surface area (Å²) in [5.41, 5.74) is 1.17. The van der Waals surface area contributed by atoms with Crippen molar-refractivity contribution in [1.82, 2.24) is 4.90 Å². The minimum atomic E-state index is -0.669. The minimum Gasteiger partial charge on any atom is -0.493 e. The molecule has 0 unspecified atom stereocenters. The van der Waals surface area contributed by atoms with Crippen molar-refractivity contribution in [3.63, 3.8) is 0 Å². The lowest BCUT2D eigenvalue weighted by Crippen LogP contribution is -2.30. The van der Waals surface area contributed by atoms with Crippen molar-refractivity contribution in [2.24, 2.45) is 0 Å². The predicted octanol–water partition coefficient (Wildman–Crippen LogP) is 3.95. The Morgan fingerprint density at radius 2 is 1.82 bits per heavy atom. The van der Waals surface area contributed by atoms with Gasteiger partial charge in [-0.15, -0.1) is 0 Å². The number of methoxy groups -OCH3 is 1. The monoisotopic (exact) mass is 405 g/mol. The van der Waals surface area contributed by atoms with Crippen molar-refractivity contribution in [3.05, 3.63) is 58.6 Å². The molecule has 0 bridgehead atoms. The van der Waals surface area contributed by atoms with E-state index in [9.17, 15) is 9.59 Å². The van der Waals surface area contributed by atoms with E-state index in [1.54, 1.807) is 7.05 Å². The molecule has 0 saturated heterocycles. The highest BCUT2D eigenvalue weighted by Gasteiger charge is 2.19. The number of nitrogens with zero attached hydrogens (tertiary/aromatic N) is 1. The summed E-state index contributed by atoms with van der Waals surface area (Å²) in [5.74, 6) is -0.303. The first-order valence-corrected chi connectivity index (χ1v) is 9.18. The van der Waals surface area contributed by atoms with E-state index < -0.39 is 5.97 Å². The van der Waals surface area contributed by atoms with Crippen LogP contribution in [0.25, 0.3) is 0 Å². The number of halogens is 1. The van der Waals surface area contributed by atoms with Gasteiger partial charge in [0.15, 0.2) is 18.1 Å². The van der Waals surface area contributed by atoms with Gasteiger partial charge in [-0.1, -0.05) is 41.9 Å². The highest BCUT2D eigenvalue weighted by Crippen LogP contribution is 2.37. The Hall–Kier alpha value is -2.73. The number of hydrogen-bond donors (Lipinski definition) is 0. The van der Waals surface area contributed by atoms with Crippen LogP contribution in [0.1, 0.15) is 29.8 Å². The topological polar surface area (TPSA) is 65.1 Å². The van der Waals surface area contributed by atoms with Gasteiger partial charge < -0.3 is 19.1 Å². The number of benzene rings is 2. The molecular weight excluding hydrogens is 382 g/mol. The maximum Gasteiger partial charge on any atom is 0.338 e. The Kier molecular flexibility index (Phi) is 7.70. The maximum atomic E-state index is 12.3. The number of carbonyl (C=O) groups excluding carboxylic acids is 2. The van der Waals surface area contributed by atoms with Gasteiger partial charge in [-0.3, -0.25) is 4.79 Å². The van der Waals surface area contributed by atoms with Crippen LogP contribution in [0, 0.1) is 0 Å². The summed E-state index contributed by atoms with van der Waals surface area (Å²) >= 11 is 6.22. The average Bonchev–Trinajstić information content (AvgIpc) is 2.67. The lowest BCUT2D eigenvalue weighted by Gasteiger charge is -2.18.